The number of nitrogens with zero attached hydrogens (tertiary/aromatic N) is 2. The molecule has 2 heterocycles. The first-order valence-corrected chi connectivity index (χ1v) is 8.60. The first kappa shape index (κ1) is 18.2. The standard InChI is InChI=1S/C16H21N3O4S/c1-3-22-8-5-7-19(15(21)13-6-4-9-23-13)10-14(20)18-16-17-12(2)11-24-16/h4,6,9,11H,3,5,7-8,10H2,1-2H3,(H,17,18,20). The van der Waals surface area contributed by atoms with E-state index in [1.165, 1.54) is 22.5 Å². The van der Waals surface area contributed by atoms with Crippen LogP contribution in [0.3, 0.4) is 0 Å². The zero-order valence-corrected chi connectivity index (χ0v) is 14.6. The maximum atomic E-state index is 12.5. The summed E-state index contributed by atoms with van der Waals surface area (Å²) in [6.07, 6.45) is 2.08. The lowest BCUT2D eigenvalue weighted by Gasteiger charge is -2.20. The summed E-state index contributed by atoms with van der Waals surface area (Å²) in [5.74, 6) is -0.396. The van der Waals surface area contributed by atoms with E-state index in [2.05, 4.69) is 10.3 Å². The quantitative estimate of drug-likeness (QED) is 0.702. The number of carbonyl (C=O) groups excluding carboxylic acids is 2. The van der Waals surface area contributed by atoms with Gasteiger partial charge in [0.1, 0.15) is 6.54 Å². The number of hydrogen-bond donors (Lipinski definition) is 1. The number of furan rings is 1. The van der Waals surface area contributed by atoms with Gasteiger partial charge in [0.15, 0.2) is 10.9 Å². The Morgan fingerprint density at radius 3 is 2.92 bits per heavy atom. The minimum Gasteiger partial charge on any atom is -0.459 e. The first-order valence-electron chi connectivity index (χ1n) is 7.72. The van der Waals surface area contributed by atoms with Gasteiger partial charge in [-0.1, -0.05) is 0 Å². The van der Waals surface area contributed by atoms with E-state index in [0.717, 1.165) is 5.69 Å². The van der Waals surface area contributed by atoms with Gasteiger partial charge in [-0.05, 0) is 32.4 Å². The van der Waals surface area contributed by atoms with Crippen LogP contribution in [0.5, 0.6) is 0 Å². The number of carbonyl (C=O) groups is 2. The Bertz CT molecular complexity index is 654. The molecule has 24 heavy (non-hydrogen) atoms. The van der Waals surface area contributed by atoms with Gasteiger partial charge in [0, 0.05) is 25.1 Å². The molecule has 2 amide bonds. The minimum absolute atomic E-state index is 0.0652. The number of hydrogen-bond acceptors (Lipinski definition) is 6. The topological polar surface area (TPSA) is 84.7 Å². The third kappa shape index (κ3) is 5.47. The Morgan fingerprint density at radius 1 is 1.46 bits per heavy atom. The zero-order chi connectivity index (χ0) is 17.4. The molecule has 1 N–H and O–H groups in total. The van der Waals surface area contributed by atoms with Gasteiger partial charge in [-0.2, -0.15) is 0 Å². The average molecular weight is 351 g/mol. The van der Waals surface area contributed by atoms with E-state index in [1.54, 1.807) is 12.1 Å². The molecular weight excluding hydrogens is 330 g/mol. The van der Waals surface area contributed by atoms with Crippen LogP contribution in [-0.4, -0.2) is 48.0 Å². The molecule has 0 fully saturated rings. The third-order valence-electron chi connectivity index (χ3n) is 3.14. The molecule has 2 rings (SSSR count). The molecule has 2 aromatic rings. The summed E-state index contributed by atoms with van der Waals surface area (Å²) in [5.41, 5.74) is 0.843. The molecule has 2 aromatic heterocycles. The van der Waals surface area contributed by atoms with Crippen molar-refractivity contribution in [1.82, 2.24) is 9.88 Å². The summed E-state index contributed by atoms with van der Waals surface area (Å²) in [7, 11) is 0. The van der Waals surface area contributed by atoms with E-state index < -0.39 is 0 Å². The number of thiazole rings is 1. The lowest BCUT2D eigenvalue weighted by molar-refractivity contribution is -0.117. The Morgan fingerprint density at radius 2 is 2.29 bits per heavy atom. The van der Waals surface area contributed by atoms with Crippen molar-refractivity contribution in [3.63, 3.8) is 0 Å². The second-order valence-electron chi connectivity index (χ2n) is 5.10. The predicted octanol–water partition coefficient (Wildman–Crippen LogP) is 2.55. The Labute approximate surface area is 144 Å². The van der Waals surface area contributed by atoms with Gasteiger partial charge < -0.3 is 19.4 Å². The van der Waals surface area contributed by atoms with Crippen LogP contribution in [0, 0.1) is 6.92 Å². The summed E-state index contributed by atoms with van der Waals surface area (Å²) in [4.78, 5) is 30.3. The van der Waals surface area contributed by atoms with Gasteiger partial charge >= 0.3 is 0 Å². The van der Waals surface area contributed by atoms with Crippen LogP contribution in [0.25, 0.3) is 0 Å². The van der Waals surface area contributed by atoms with Crippen molar-refractivity contribution in [2.45, 2.75) is 20.3 Å². The summed E-state index contributed by atoms with van der Waals surface area (Å²) in [5, 5.41) is 5.08. The van der Waals surface area contributed by atoms with Gasteiger partial charge in [0.05, 0.1) is 12.0 Å². The molecule has 0 saturated carbocycles. The number of amides is 2. The van der Waals surface area contributed by atoms with Crippen LogP contribution >= 0.6 is 11.3 Å². The maximum absolute atomic E-state index is 12.5. The fraction of sp³-hybridized carbons (Fsp3) is 0.438. The predicted molar refractivity (Wildman–Crippen MR) is 91.2 cm³/mol. The van der Waals surface area contributed by atoms with Crippen molar-refractivity contribution in [3.05, 3.63) is 35.2 Å². The molecule has 8 heteroatoms. The molecule has 7 nitrogen and oxygen atoms in total. The highest BCUT2D eigenvalue weighted by Crippen LogP contribution is 2.14. The van der Waals surface area contributed by atoms with Crippen molar-refractivity contribution in [3.8, 4) is 0 Å². The lowest BCUT2D eigenvalue weighted by Crippen LogP contribution is -2.39. The van der Waals surface area contributed by atoms with E-state index in [9.17, 15) is 9.59 Å². The van der Waals surface area contributed by atoms with Crippen LogP contribution < -0.4 is 5.32 Å². The highest BCUT2D eigenvalue weighted by Gasteiger charge is 2.21. The van der Waals surface area contributed by atoms with Crippen molar-refractivity contribution in [2.24, 2.45) is 0 Å². The number of nitrogens with one attached hydrogen (secondary N) is 1. The van der Waals surface area contributed by atoms with E-state index in [4.69, 9.17) is 9.15 Å². The smallest absolute Gasteiger partial charge is 0.290 e. The van der Waals surface area contributed by atoms with E-state index >= 15 is 0 Å². The molecule has 130 valence electrons. The van der Waals surface area contributed by atoms with E-state index in [1.807, 2.05) is 19.2 Å². The number of aromatic nitrogens is 1. The minimum atomic E-state index is -0.318. The number of aryl methyl sites for hydroxylation is 1. The Hall–Kier alpha value is -2.19. The Balaban J connectivity index is 1.95. The van der Waals surface area contributed by atoms with Gasteiger partial charge in [-0.15, -0.1) is 11.3 Å². The van der Waals surface area contributed by atoms with E-state index in [0.29, 0.717) is 31.3 Å². The fourth-order valence-corrected chi connectivity index (χ4v) is 2.76. The molecule has 0 unspecified atom stereocenters. The molecule has 0 aliphatic carbocycles. The van der Waals surface area contributed by atoms with Gasteiger partial charge in [-0.25, -0.2) is 4.98 Å². The average Bonchev–Trinajstić information content (AvgIpc) is 3.21. The number of rotatable bonds is 9. The normalized spacial score (nSPS) is 10.6. The molecule has 0 aliphatic rings. The maximum Gasteiger partial charge on any atom is 0.290 e. The molecule has 0 spiro atoms. The largest absolute Gasteiger partial charge is 0.459 e. The first-order chi connectivity index (χ1) is 11.6. The molecule has 0 bridgehead atoms. The molecule has 0 radical (unpaired) electrons. The molecule has 0 atom stereocenters. The van der Waals surface area contributed by atoms with Crippen LogP contribution in [0.1, 0.15) is 29.6 Å². The summed E-state index contributed by atoms with van der Waals surface area (Å²) in [6.45, 7) is 5.26. The molecule has 0 aromatic carbocycles. The van der Waals surface area contributed by atoms with Crippen LogP contribution in [0.4, 0.5) is 5.13 Å². The van der Waals surface area contributed by atoms with Crippen molar-refractivity contribution >= 4 is 28.3 Å². The van der Waals surface area contributed by atoms with Crippen molar-refractivity contribution in [1.29, 1.82) is 0 Å². The summed E-state index contributed by atoms with van der Waals surface area (Å²) in [6, 6.07) is 3.23. The van der Waals surface area contributed by atoms with Gasteiger partial charge in [-0.3, -0.25) is 9.59 Å². The fourth-order valence-electron chi connectivity index (χ4n) is 2.05. The highest BCUT2D eigenvalue weighted by atomic mass is 32.1. The second kappa shape index (κ2) is 9.19. The molecule has 0 aliphatic heterocycles. The lowest BCUT2D eigenvalue weighted by atomic mass is 10.3. The zero-order valence-electron chi connectivity index (χ0n) is 13.8. The van der Waals surface area contributed by atoms with Crippen LogP contribution in [0.2, 0.25) is 0 Å². The monoisotopic (exact) mass is 351 g/mol. The van der Waals surface area contributed by atoms with Crippen LogP contribution in [-0.2, 0) is 9.53 Å². The summed E-state index contributed by atoms with van der Waals surface area (Å²) < 4.78 is 10.4. The number of ether oxygens (including phenoxy) is 1. The van der Waals surface area contributed by atoms with Crippen LogP contribution in [0.15, 0.2) is 28.2 Å². The van der Waals surface area contributed by atoms with Gasteiger partial charge in [0.2, 0.25) is 5.91 Å². The third-order valence-corrected chi connectivity index (χ3v) is 4.02. The molecular formula is C16H21N3O4S. The Kier molecular flexibility index (Phi) is 6.95. The van der Waals surface area contributed by atoms with Gasteiger partial charge in [0.25, 0.3) is 5.91 Å². The van der Waals surface area contributed by atoms with Crippen molar-refractivity contribution < 1.29 is 18.7 Å². The summed E-state index contributed by atoms with van der Waals surface area (Å²) >= 11 is 1.35. The number of anilines is 1. The highest BCUT2D eigenvalue weighted by molar-refractivity contribution is 7.13. The molecule has 0 saturated heterocycles. The van der Waals surface area contributed by atoms with Crippen molar-refractivity contribution in [2.75, 3.05) is 31.6 Å². The van der Waals surface area contributed by atoms with E-state index in [-0.39, 0.29) is 24.1 Å². The SMILES string of the molecule is CCOCCCN(CC(=O)Nc1nc(C)cs1)C(=O)c1ccco1. The second-order valence-corrected chi connectivity index (χ2v) is 5.95.